The Morgan fingerprint density at radius 2 is 2.07 bits per heavy atom. The van der Waals surface area contributed by atoms with Crippen molar-refractivity contribution in [3.05, 3.63) is 12.4 Å². The SMILES string of the molecule is O=C(CN1CCCCC1)n1ccnn1. The second-order valence-electron chi connectivity index (χ2n) is 3.58. The van der Waals surface area contributed by atoms with Crippen LogP contribution in [0.2, 0.25) is 0 Å². The van der Waals surface area contributed by atoms with Crippen LogP contribution in [0.1, 0.15) is 24.1 Å². The first-order valence-electron chi connectivity index (χ1n) is 4.98. The summed E-state index contributed by atoms with van der Waals surface area (Å²) >= 11 is 0. The van der Waals surface area contributed by atoms with Gasteiger partial charge in [0.25, 0.3) is 5.91 Å². The van der Waals surface area contributed by atoms with Crippen molar-refractivity contribution in [2.45, 2.75) is 19.3 Å². The van der Waals surface area contributed by atoms with E-state index in [9.17, 15) is 4.79 Å². The van der Waals surface area contributed by atoms with E-state index < -0.39 is 0 Å². The van der Waals surface area contributed by atoms with Crippen LogP contribution in [0.25, 0.3) is 0 Å². The predicted octanol–water partition coefficient (Wildman–Crippen LogP) is 0.404. The minimum Gasteiger partial charge on any atom is -0.294 e. The number of likely N-dealkylation sites (tertiary alicyclic amines) is 1. The first-order valence-corrected chi connectivity index (χ1v) is 4.98. The molecule has 0 radical (unpaired) electrons. The van der Waals surface area contributed by atoms with Gasteiger partial charge in [-0.25, -0.2) is 0 Å². The van der Waals surface area contributed by atoms with Gasteiger partial charge < -0.3 is 0 Å². The molecule has 0 amide bonds. The lowest BCUT2D eigenvalue weighted by atomic mass is 10.1. The molecule has 1 fully saturated rings. The second kappa shape index (κ2) is 4.32. The highest BCUT2D eigenvalue weighted by Gasteiger charge is 2.14. The van der Waals surface area contributed by atoms with Crippen molar-refractivity contribution in [2.75, 3.05) is 19.6 Å². The van der Waals surface area contributed by atoms with Gasteiger partial charge in [-0.3, -0.25) is 9.69 Å². The fourth-order valence-corrected chi connectivity index (χ4v) is 1.72. The number of carbonyl (C=O) groups excluding carboxylic acids is 1. The molecule has 1 aromatic rings. The molecule has 2 heterocycles. The van der Waals surface area contributed by atoms with Crippen molar-refractivity contribution in [2.24, 2.45) is 0 Å². The Morgan fingerprint density at radius 3 is 2.71 bits per heavy atom. The summed E-state index contributed by atoms with van der Waals surface area (Å²) < 4.78 is 1.30. The van der Waals surface area contributed by atoms with E-state index in [-0.39, 0.29) is 5.91 Å². The summed E-state index contributed by atoms with van der Waals surface area (Å²) in [6, 6.07) is 0. The molecule has 0 aliphatic carbocycles. The highest BCUT2D eigenvalue weighted by Crippen LogP contribution is 2.07. The van der Waals surface area contributed by atoms with E-state index in [0.717, 1.165) is 13.1 Å². The Bertz CT molecular complexity index is 290. The lowest BCUT2D eigenvalue weighted by Crippen LogP contribution is -2.36. The van der Waals surface area contributed by atoms with E-state index >= 15 is 0 Å². The van der Waals surface area contributed by atoms with E-state index in [4.69, 9.17) is 0 Å². The first kappa shape index (κ1) is 9.33. The number of rotatable bonds is 2. The van der Waals surface area contributed by atoms with E-state index in [0.29, 0.717) is 6.54 Å². The normalized spacial score (nSPS) is 18.3. The number of hydrogen-bond donors (Lipinski definition) is 0. The summed E-state index contributed by atoms with van der Waals surface area (Å²) in [5, 5.41) is 7.28. The molecule has 14 heavy (non-hydrogen) atoms. The molecular weight excluding hydrogens is 180 g/mol. The predicted molar refractivity (Wildman–Crippen MR) is 50.9 cm³/mol. The maximum Gasteiger partial charge on any atom is 0.262 e. The fraction of sp³-hybridized carbons (Fsp3) is 0.667. The lowest BCUT2D eigenvalue weighted by molar-refractivity contribution is 0.0814. The summed E-state index contributed by atoms with van der Waals surface area (Å²) in [6.45, 7) is 2.52. The Labute approximate surface area is 82.7 Å². The molecule has 76 valence electrons. The molecule has 0 N–H and O–H groups in total. The van der Waals surface area contributed by atoms with Gasteiger partial charge in [0.1, 0.15) is 0 Å². The zero-order valence-electron chi connectivity index (χ0n) is 8.09. The van der Waals surface area contributed by atoms with Gasteiger partial charge in [-0.15, -0.1) is 5.10 Å². The third kappa shape index (κ3) is 2.17. The fourth-order valence-electron chi connectivity index (χ4n) is 1.72. The van der Waals surface area contributed by atoms with Gasteiger partial charge in [0.15, 0.2) is 0 Å². The van der Waals surface area contributed by atoms with Crippen LogP contribution < -0.4 is 0 Å². The minimum absolute atomic E-state index is 0.00407. The highest BCUT2D eigenvalue weighted by atomic mass is 16.2. The van der Waals surface area contributed by atoms with E-state index in [2.05, 4.69) is 15.2 Å². The van der Waals surface area contributed by atoms with Crippen molar-refractivity contribution in [3.63, 3.8) is 0 Å². The largest absolute Gasteiger partial charge is 0.294 e. The molecule has 1 aliphatic rings. The minimum atomic E-state index is 0.00407. The summed E-state index contributed by atoms with van der Waals surface area (Å²) in [4.78, 5) is 13.8. The van der Waals surface area contributed by atoms with Gasteiger partial charge in [-0.1, -0.05) is 11.6 Å². The van der Waals surface area contributed by atoms with Gasteiger partial charge in [0.2, 0.25) is 0 Å². The highest BCUT2D eigenvalue weighted by molar-refractivity contribution is 5.79. The van der Waals surface area contributed by atoms with Crippen molar-refractivity contribution >= 4 is 5.91 Å². The maximum atomic E-state index is 11.6. The van der Waals surface area contributed by atoms with E-state index in [1.807, 2.05) is 0 Å². The zero-order chi connectivity index (χ0) is 9.80. The molecule has 1 saturated heterocycles. The van der Waals surface area contributed by atoms with E-state index in [1.54, 1.807) is 6.20 Å². The number of nitrogens with zero attached hydrogens (tertiary/aromatic N) is 4. The van der Waals surface area contributed by atoms with Crippen LogP contribution in [-0.4, -0.2) is 45.4 Å². The van der Waals surface area contributed by atoms with Gasteiger partial charge >= 0.3 is 0 Å². The van der Waals surface area contributed by atoms with Crippen LogP contribution >= 0.6 is 0 Å². The maximum absolute atomic E-state index is 11.6. The van der Waals surface area contributed by atoms with Crippen molar-refractivity contribution < 1.29 is 4.79 Å². The number of hydrogen-bond acceptors (Lipinski definition) is 4. The zero-order valence-corrected chi connectivity index (χ0v) is 8.09. The van der Waals surface area contributed by atoms with Crippen molar-refractivity contribution in [3.8, 4) is 0 Å². The molecule has 0 unspecified atom stereocenters. The molecule has 5 heteroatoms. The number of piperidine rings is 1. The average molecular weight is 194 g/mol. The molecule has 0 spiro atoms. The Kier molecular flexibility index (Phi) is 2.88. The van der Waals surface area contributed by atoms with Crippen LogP contribution in [0.5, 0.6) is 0 Å². The molecular formula is C9H14N4O. The van der Waals surface area contributed by atoms with Gasteiger partial charge in [0.05, 0.1) is 18.9 Å². The van der Waals surface area contributed by atoms with E-state index in [1.165, 1.54) is 30.1 Å². The molecule has 0 saturated carbocycles. The summed E-state index contributed by atoms with van der Waals surface area (Å²) in [5.41, 5.74) is 0. The molecule has 0 atom stereocenters. The van der Waals surface area contributed by atoms with Gasteiger partial charge in [0, 0.05) is 0 Å². The molecule has 0 bridgehead atoms. The standard InChI is InChI=1S/C9H14N4O/c14-9(13-7-4-10-11-13)8-12-5-2-1-3-6-12/h4,7H,1-3,5-6,8H2. The average Bonchev–Trinajstić information content (AvgIpc) is 2.72. The van der Waals surface area contributed by atoms with Crippen LogP contribution in [0.3, 0.4) is 0 Å². The van der Waals surface area contributed by atoms with Crippen LogP contribution in [0.4, 0.5) is 0 Å². The third-order valence-corrected chi connectivity index (χ3v) is 2.49. The Hall–Kier alpha value is -1.23. The topological polar surface area (TPSA) is 51.0 Å². The van der Waals surface area contributed by atoms with Crippen molar-refractivity contribution in [1.82, 2.24) is 19.9 Å². The number of aromatic nitrogens is 3. The molecule has 0 aromatic carbocycles. The van der Waals surface area contributed by atoms with Crippen LogP contribution in [0, 0.1) is 0 Å². The lowest BCUT2D eigenvalue weighted by Gasteiger charge is -2.25. The molecule has 2 rings (SSSR count). The number of carbonyl (C=O) groups is 1. The first-order chi connectivity index (χ1) is 6.86. The van der Waals surface area contributed by atoms with Crippen LogP contribution in [-0.2, 0) is 0 Å². The van der Waals surface area contributed by atoms with Crippen molar-refractivity contribution in [1.29, 1.82) is 0 Å². The third-order valence-electron chi connectivity index (χ3n) is 2.49. The molecule has 5 nitrogen and oxygen atoms in total. The van der Waals surface area contributed by atoms with Gasteiger partial charge in [-0.05, 0) is 25.9 Å². The summed E-state index contributed by atoms with van der Waals surface area (Å²) in [7, 11) is 0. The van der Waals surface area contributed by atoms with Gasteiger partial charge in [-0.2, -0.15) is 4.68 Å². The quantitative estimate of drug-likeness (QED) is 0.684. The second-order valence-corrected chi connectivity index (χ2v) is 3.58. The molecule has 1 aromatic heterocycles. The molecule has 1 aliphatic heterocycles. The Morgan fingerprint density at radius 1 is 1.29 bits per heavy atom. The smallest absolute Gasteiger partial charge is 0.262 e. The Balaban J connectivity index is 1.87. The summed E-state index contributed by atoms with van der Waals surface area (Å²) in [6.07, 6.45) is 6.80. The monoisotopic (exact) mass is 194 g/mol. The summed E-state index contributed by atoms with van der Waals surface area (Å²) in [5.74, 6) is 0.00407. The van der Waals surface area contributed by atoms with Crippen LogP contribution in [0.15, 0.2) is 12.4 Å².